The maximum absolute atomic E-state index is 11.3. The van der Waals surface area contributed by atoms with E-state index in [-0.39, 0.29) is 11.3 Å². The van der Waals surface area contributed by atoms with Gasteiger partial charge in [0.1, 0.15) is 5.78 Å². The van der Waals surface area contributed by atoms with Crippen molar-refractivity contribution in [2.24, 2.45) is 11.3 Å². The van der Waals surface area contributed by atoms with Crippen molar-refractivity contribution in [1.29, 1.82) is 0 Å². The Kier molecular flexibility index (Phi) is 3.52. The molecule has 0 spiro atoms. The molecule has 14 heavy (non-hydrogen) atoms. The van der Waals surface area contributed by atoms with E-state index in [1.165, 1.54) is 19.3 Å². The second-order valence-corrected chi connectivity index (χ2v) is 5.25. The first-order valence-corrected chi connectivity index (χ1v) is 5.62. The summed E-state index contributed by atoms with van der Waals surface area (Å²) < 4.78 is 0. The molecule has 1 aliphatic rings. The van der Waals surface area contributed by atoms with Gasteiger partial charge in [-0.05, 0) is 38.0 Å². The van der Waals surface area contributed by atoms with Gasteiger partial charge in [0.05, 0.1) is 0 Å². The molecule has 0 radical (unpaired) electrons. The minimum Gasteiger partial charge on any atom is -0.300 e. The van der Waals surface area contributed by atoms with Crippen molar-refractivity contribution in [3.63, 3.8) is 0 Å². The van der Waals surface area contributed by atoms with Gasteiger partial charge in [-0.2, -0.15) is 0 Å². The Morgan fingerprint density at radius 3 is 2.64 bits per heavy atom. The van der Waals surface area contributed by atoms with Crippen LogP contribution in [0.5, 0.6) is 0 Å². The van der Waals surface area contributed by atoms with Crippen LogP contribution in [0.1, 0.15) is 53.4 Å². The maximum Gasteiger partial charge on any atom is 0.133 e. The van der Waals surface area contributed by atoms with E-state index in [0.29, 0.717) is 5.78 Å². The average molecular weight is 194 g/mol. The summed E-state index contributed by atoms with van der Waals surface area (Å²) in [4.78, 5) is 11.3. The highest BCUT2D eigenvalue weighted by atomic mass is 16.1. The normalized spacial score (nSPS) is 19.3. The number of hydrogen-bond donors (Lipinski definition) is 0. The molecule has 0 aromatic carbocycles. The third-order valence-corrected chi connectivity index (χ3v) is 3.60. The SMILES string of the molecule is CC(=O)C(C)C(C)(C)CC1=CCCC1. The minimum absolute atomic E-state index is 0.127. The molecule has 0 amide bonds. The number of hydrogen-bond acceptors (Lipinski definition) is 1. The first-order valence-electron chi connectivity index (χ1n) is 5.62. The average Bonchev–Trinajstić information content (AvgIpc) is 2.54. The Bertz CT molecular complexity index is 248. The molecule has 0 aliphatic heterocycles. The fraction of sp³-hybridized carbons (Fsp3) is 0.769. The van der Waals surface area contributed by atoms with Crippen LogP contribution >= 0.6 is 0 Å². The summed E-state index contributed by atoms with van der Waals surface area (Å²) in [5, 5.41) is 0. The van der Waals surface area contributed by atoms with Crippen LogP contribution in [0.4, 0.5) is 0 Å². The maximum atomic E-state index is 11.3. The van der Waals surface area contributed by atoms with Crippen molar-refractivity contribution in [1.82, 2.24) is 0 Å². The molecule has 0 heterocycles. The molecule has 0 fully saturated rings. The first kappa shape index (κ1) is 11.5. The van der Waals surface area contributed by atoms with Crippen LogP contribution < -0.4 is 0 Å². The molecule has 1 aliphatic carbocycles. The molecule has 1 rings (SSSR count). The fourth-order valence-corrected chi connectivity index (χ4v) is 2.19. The highest BCUT2D eigenvalue weighted by molar-refractivity contribution is 5.78. The molecular weight excluding hydrogens is 172 g/mol. The second kappa shape index (κ2) is 4.29. The van der Waals surface area contributed by atoms with Crippen LogP contribution in [-0.2, 0) is 4.79 Å². The predicted octanol–water partition coefficient (Wildman–Crippen LogP) is 3.74. The van der Waals surface area contributed by atoms with Crippen LogP contribution in [0.3, 0.4) is 0 Å². The van der Waals surface area contributed by atoms with Crippen molar-refractivity contribution < 1.29 is 4.79 Å². The van der Waals surface area contributed by atoms with Crippen molar-refractivity contribution in [3.05, 3.63) is 11.6 Å². The van der Waals surface area contributed by atoms with Crippen molar-refractivity contribution in [2.45, 2.75) is 53.4 Å². The van der Waals surface area contributed by atoms with Gasteiger partial charge in [0.15, 0.2) is 0 Å². The Hall–Kier alpha value is -0.590. The van der Waals surface area contributed by atoms with E-state index >= 15 is 0 Å². The standard InChI is InChI=1S/C13H22O/c1-10(11(2)14)13(3,4)9-12-7-5-6-8-12/h7,10H,5-6,8-9H2,1-4H3. The van der Waals surface area contributed by atoms with Crippen molar-refractivity contribution in [3.8, 4) is 0 Å². The second-order valence-electron chi connectivity index (χ2n) is 5.25. The number of carbonyl (C=O) groups is 1. The van der Waals surface area contributed by atoms with Gasteiger partial charge in [-0.25, -0.2) is 0 Å². The van der Waals surface area contributed by atoms with Crippen LogP contribution in [0.2, 0.25) is 0 Å². The molecule has 0 saturated carbocycles. The Balaban J connectivity index is 2.60. The van der Waals surface area contributed by atoms with Gasteiger partial charge in [0.25, 0.3) is 0 Å². The number of carbonyl (C=O) groups excluding carboxylic acids is 1. The largest absolute Gasteiger partial charge is 0.300 e. The quantitative estimate of drug-likeness (QED) is 0.623. The predicted molar refractivity (Wildman–Crippen MR) is 60.2 cm³/mol. The van der Waals surface area contributed by atoms with Gasteiger partial charge in [-0.1, -0.05) is 32.4 Å². The smallest absolute Gasteiger partial charge is 0.133 e. The summed E-state index contributed by atoms with van der Waals surface area (Å²) in [5.41, 5.74) is 1.69. The highest BCUT2D eigenvalue weighted by Crippen LogP contribution is 2.37. The van der Waals surface area contributed by atoms with E-state index in [1.54, 1.807) is 12.5 Å². The van der Waals surface area contributed by atoms with E-state index < -0.39 is 0 Å². The molecule has 1 heteroatoms. The van der Waals surface area contributed by atoms with Gasteiger partial charge < -0.3 is 0 Å². The van der Waals surface area contributed by atoms with Crippen LogP contribution in [0, 0.1) is 11.3 Å². The van der Waals surface area contributed by atoms with Crippen LogP contribution in [0.15, 0.2) is 11.6 Å². The Labute approximate surface area is 87.6 Å². The lowest BCUT2D eigenvalue weighted by molar-refractivity contribution is -0.123. The van der Waals surface area contributed by atoms with E-state index in [9.17, 15) is 4.79 Å². The fourth-order valence-electron chi connectivity index (χ4n) is 2.19. The molecule has 1 unspecified atom stereocenters. The summed E-state index contributed by atoms with van der Waals surface area (Å²) in [5.74, 6) is 0.484. The summed E-state index contributed by atoms with van der Waals surface area (Å²) >= 11 is 0. The topological polar surface area (TPSA) is 17.1 Å². The lowest BCUT2D eigenvalue weighted by Crippen LogP contribution is -2.27. The molecule has 1 atom stereocenters. The monoisotopic (exact) mass is 194 g/mol. The number of ketones is 1. The van der Waals surface area contributed by atoms with E-state index in [1.807, 2.05) is 0 Å². The van der Waals surface area contributed by atoms with Crippen molar-refractivity contribution in [2.75, 3.05) is 0 Å². The van der Waals surface area contributed by atoms with Crippen LogP contribution in [0.25, 0.3) is 0 Å². The summed E-state index contributed by atoms with van der Waals surface area (Å²) in [6, 6.07) is 0. The molecule has 1 nitrogen and oxygen atoms in total. The van der Waals surface area contributed by atoms with Crippen LogP contribution in [-0.4, -0.2) is 5.78 Å². The number of allylic oxidation sites excluding steroid dienone is 2. The zero-order chi connectivity index (χ0) is 10.8. The molecular formula is C13H22O. The Morgan fingerprint density at radius 2 is 2.21 bits per heavy atom. The third kappa shape index (κ3) is 2.70. The lowest BCUT2D eigenvalue weighted by atomic mass is 9.73. The molecule has 0 aromatic heterocycles. The first-order chi connectivity index (χ1) is 6.43. The van der Waals surface area contributed by atoms with Crippen molar-refractivity contribution >= 4 is 5.78 Å². The third-order valence-electron chi connectivity index (χ3n) is 3.60. The zero-order valence-electron chi connectivity index (χ0n) is 9.89. The lowest BCUT2D eigenvalue weighted by Gasteiger charge is -2.30. The Morgan fingerprint density at radius 1 is 1.57 bits per heavy atom. The van der Waals surface area contributed by atoms with Gasteiger partial charge in [-0.15, -0.1) is 0 Å². The van der Waals surface area contributed by atoms with Gasteiger partial charge in [0, 0.05) is 5.92 Å². The number of Topliss-reactive ketones (excluding diaryl/α,β-unsaturated/α-hetero) is 1. The van der Waals surface area contributed by atoms with E-state index in [4.69, 9.17) is 0 Å². The molecule has 0 N–H and O–H groups in total. The number of rotatable bonds is 4. The molecule has 0 saturated heterocycles. The summed E-state index contributed by atoms with van der Waals surface area (Å²) in [6.07, 6.45) is 7.23. The molecule has 0 aromatic rings. The van der Waals surface area contributed by atoms with Gasteiger partial charge in [0.2, 0.25) is 0 Å². The minimum atomic E-state index is 0.127. The summed E-state index contributed by atoms with van der Waals surface area (Å²) in [7, 11) is 0. The molecule has 0 bridgehead atoms. The highest BCUT2D eigenvalue weighted by Gasteiger charge is 2.30. The van der Waals surface area contributed by atoms with E-state index in [0.717, 1.165) is 6.42 Å². The summed E-state index contributed by atoms with van der Waals surface area (Å²) in [6.45, 7) is 8.17. The van der Waals surface area contributed by atoms with Gasteiger partial charge in [-0.3, -0.25) is 4.79 Å². The van der Waals surface area contributed by atoms with Gasteiger partial charge >= 0.3 is 0 Å². The zero-order valence-corrected chi connectivity index (χ0v) is 9.89. The van der Waals surface area contributed by atoms with E-state index in [2.05, 4.69) is 26.8 Å². The molecule has 80 valence electrons.